The zero-order chi connectivity index (χ0) is 13.3. The first-order valence-electron chi connectivity index (χ1n) is 5.97. The Hall–Kier alpha value is -1.55. The number of carbonyl (C=O) groups excluding carboxylic acids is 2. The van der Waals surface area contributed by atoms with Gasteiger partial charge in [0.2, 0.25) is 11.8 Å². The van der Waals surface area contributed by atoms with E-state index in [1.807, 2.05) is 6.92 Å². The maximum Gasteiger partial charge on any atom is 0.247 e. The van der Waals surface area contributed by atoms with Gasteiger partial charge in [-0.1, -0.05) is 18.5 Å². The highest BCUT2D eigenvalue weighted by molar-refractivity contribution is 6.31. The summed E-state index contributed by atoms with van der Waals surface area (Å²) in [5.41, 5.74) is 1.31. The monoisotopic (exact) mass is 266 g/mol. The number of hydrogen-bond donors (Lipinski definition) is 1. The lowest BCUT2D eigenvalue weighted by Gasteiger charge is -2.34. The molecule has 0 aliphatic carbocycles. The van der Waals surface area contributed by atoms with Gasteiger partial charge in [-0.25, -0.2) is 0 Å². The van der Waals surface area contributed by atoms with E-state index in [1.54, 1.807) is 25.1 Å². The second-order valence-electron chi connectivity index (χ2n) is 4.34. The van der Waals surface area contributed by atoms with Crippen molar-refractivity contribution in [2.45, 2.75) is 32.7 Å². The lowest BCUT2D eigenvalue weighted by atomic mass is 10.1. The van der Waals surface area contributed by atoms with Gasteiger partial charge in [-0.2, -0.15) is 0 Å². The highest BCUT2D eigenvalue weighted by atomic mass is 35.5. The molecule has 0 bridgehead atoms. The number of fused-ring (bicyclic) bond motifs is 1. The molecule has 1 atom stereocenters. The van der Waals surface area contributed by atoms with E-state index in [0.717, 1.165) is 6.42 Å². The summed E-state index contributed by atoms with van der Waals surface area (Å²) in [6.45, 7) is 3.65. The standard InChI is InChI=1S/C13H15ClN2O2/c1-3-4-12(17)16-8(2)13(18)15-10-6-5-9(14)7-11(10)16/h5-8H,3-4H2,1-2H3,(H,15,18)/t8-/m0/s1. The second kappa shape index (κ2) is 4.98. The Morgan fingerprint density at radius 1 is 1.50 bits per heavy atom. The Kier molecular flexibility index (Phi) is 3.57. The fraction of sp³-hybridized carbons (Fsp3) is 0.385. The van der Waals surface area contributed by atoms with Gasteiger partial charge >= 0.3 is 0 Å². The molecule has 2 amide bonds. The summed E-state index contributed by atoms with van der Waals surface area (Å²) in [6, 6.07) is 4.61. The summed E-state index contributed by atoms with van der Waals surface area (Å²) < 4.78 is 0. The average molecular weight is 267 g/mol. The molecule has 5 heteroatoms. The van der Waals surface area contributed by atoms with Crippen molar-refractivity contribution in [3.8, 4) is 0 Å². The fourth-order valence-corrected chi connectivity index (χ4v) is 2.22. The van der Waals surface area contributed by atoms with E-state index in [4.69, 9.17) is 11.6 Å². The van der Waals surface area contributed by atoms with Crippen molar-refractivity contribution in [1.82, 2.24) is 0 Å². The van der Waals surface area contributed by atoms with E-state index in [-0.39, 0.29) is 11.8 Å². The van der Waals surface area contributed by atoms with Crippen LogP contribution in [0.25, 0.3) is 0 Å². The third kappa shape index (κ3) is 2.20. The Morgan fingerprint density at radius 2 is 2.22 bits per heavy atom. The molecule has 1 aliphatic rings. The lowest BCUT2D eigenvalue weighted by Crippen LogP contribution is -2.49. The molecule has 1 aromatic rings. The quantitative estimate of drug-likeness (QED) is 0.895. The average Bonchev–Trinajstić information content (AvgIpc) is 2.31. The minimum absolute atomic E-state index is 0.0524. The van der Waals surface area contributed by atoms with Crippen molar-refractivity contribution in [1.29, 1.82) is 0 Å². The first kappa shape index (κ1) is 12.9. The summed E-state index contributed by atoms with van der Waals surface area (Å²) >= 11 is 5.96. The molecule has 0 unspecified atom stereocenters. The van der Waals surface area contributed by atoms with Crippen molar-refractivity contribution in [3.05, 3.63) is 23.2 Å². The van der Waals surface area contributed by atoms with Crippen LogP contribution in [0, 0.1) is 0 Å². The van der Waals surface area contributed by atoms with E-state index in [2.05, 4.69) is 5.32 Å². The van der Waals surface area contributed by atoms with E-state index in [1.165, 1.54) is 4.90 Å². The highest BCUT2D eigenvalue weighted by Gasteiger charge is 2.33. The van der Waals surface area contributed by atoms with Gasteiger partial charge in [-0.15, -0.1) is 0 Å². The minimum atomic E-state index is -0.505. The van der Waals surface area contributed by atoms with Crippen LogP contribution in [-0.2, 0) is 9.59 Å². The number of nitrogens with zero attached hydrogens (tertiary/aromatic N) is 1. The normalized spacial score (nSPS) is 18.3. The van der Waals surface area contributed by atoms with Crippen molar-refractivity contribution in [2.75, 3.05) is 10.2 Å². The van der Waals surface area contributed by atoms with Crippen LogP contribution < -0.4 is 10.2 Å². The molecule has 1 heterocycles. The van der Waals surface area contributed by atoms with E-state index >= 15 is 0 Å². The van der Waals surface area contributed by atoms with Crippen molar-refractivity contribution < 1.29 is 9.59 Å². The van der Waals surface area contributed by atoms with Crippen LogP contribution in [0.15, 0.2) is 18.2 Å². The first-order valence-corrected chi connectivity index (χ1v) is 6.35. The van der Waals surface area contributed by atoms with Crippen molar-refractivity contribution >= 4 is 34.8 Å². The number of halogens is 1. The number of benzene rings is 1. The molecule has 0 radical (unpaired) electrons. The first-order chi connectivity index (χ1) is 8.54. The smallest absolute Gasteiger partial charge is 0.247 e. The van der Waals surface area contributed by atoms with Gasteiger partial charge in [-0.3, -0.25) is 14.5 Å². The Labute approximate surface area is 111 Å². The SMILES string of the molecule is CCCC(=O)N1c2cc(Cl)ccc2NC(=O)[C@@H]1C. The molecule has 2 rings (SSSR count). The van der Waals surface area contributed by atoms with Crippen LogP contribution in [0.3, 0.4) is 0 Å². The molecular formula is C13H15ClN2O2. The zero-order valence-corrected chi connectivity index (χ0v) is 11.1. The molecule has 0 aromatic heterocycles. The number of nitrogens with one attached hydrogen (secondary N) is 1. The van der Waals surface area contributed by atoms with Gasteiger partial charge in [-0.05, 0) is 31.5 Å². The molecule has 1 aromatic carbocycles. The maximum absolute atomic E-state index is 12.1. The molecule has 18 heavy (non-hydrogen) atoms. The number of anilines is 2. The topological polar surface area (TPSA) is 49.4 Å². The summed E-state index contributed by atoms with van der Waals surface area (Å²) in [6.07, 6.45) is 1.17. The van der Waals surface area contributed by atoms with Crippen LogP contribution in [0.1, 0.15) is 26.7 Å². The molecule has 0 saturated carbocycles. The van der Waals surface area contributed by atoms with Gasteiger partial charge in [0, 0.05) is 11.4 Å². The van der Waals surface area contributed by atoms with Gasteiger partial charge < -0.3 is 5.32 Å². The van der Waals surface area contributed by atoms with Gasteiger partial charge in [0.15, 0.2) is 0 Å². The molecule has 0 saturated heterocycles. The molecule has 96 valence electrons. The van der Waals surface area contributed by atoms with Crippen LogP contribution in [-0.4, -0.2) is 17.9 Å². The largest absolute Gasteiger partial charge is 0.322 e. The Bertz CT molecular complexity index is 502. The Morgan fingerprint density at radius 3 is 2.89 bits per heavy atom. The molecule has 0 spiro atoms. The van der Waals surface area contributed by atoms with Crippen molar-refractivity contribution in [3.63, 3.8) is 0 Å². The van der Waals surface area contributed by atoms with E-state index in [9.17, 15) is 9.59 Å². The lowest BCUT2D eigenvalue weighted by molar-refractivity contribution is -0.123. The predicted molar refractivity (Wildman–Crippen MR) is 71.9 cm³/mol. The molecule has 1 aliphatic heterocycles. The number of rotatable bonds is 2. The van der Waals surface area contributed by atoms with Gasteiger partial charge in [0.1, 0.15) is 6.04 Å². The summed E-state index contributed by atoms with van der Waals surface area (Å²) in [5.74, 6) is -0.224. The highest BCUT2D eigenvalue weighted by Crippen LogP contribution is 2.34. The molecule has 4 nitrogen and oxygen atoms in total. The van der Waals surface area contributed by atoms with E-state index < -0.39 is 6.04 Å². The van der Waals surface area contributed by atoms with E-state index in [0.29, 0.717) is 22.8 Å². The van der Waals surface area contributed by atoms with Gasteiger partial charge in [0.25, 0.3) is 0 Å². The van der Waals surface area contributed by atoms with Crippen LogP contribution >= 0.6 is 11.6 Å². The second-order valence-corrected chi connectivity index (χ2v) is 4.78. The maximum atomic E-state index is 12.1. The predicted octanol–water partition coefficient (Wildman–Crippen LogP) is 2.81. The summed E-state index contributed by atoms with van der Waals surface area (Å²) in [7, 11) is 0. The third-order valence-corrected chi connectivity index (χ3v) is 3.21. The number of carbonyl (C=O) groups is 2. The Balaban J connectivity index is 2.47. The van der Waals surface area contributed by atoms with Crippen LogP contribution in [0.5, 0.6) is 0 Å². The third-order valence-electron chi connectivity index (χ3n) is 2.98. The summed E-state index contributed by atoms with van der Waals surface area (Å²) in [5, 5.41) is 3.32. The molecular weight excluding hydrogens is 252 g/mol. The van der Waals surface area contributed by atoms with Crippen molar-refractivity contribution in [2.24, 2.45) is 0 Å². The van der Waals surface area contributed by atoms with Crippen LogP contribution in [0.2, 0.25) is 5.02 Å². The van der Waals surface area contributed by atoms with Crippen LogP contribution in [0.4, 0.5) is 11.4 Å². The number of amides is 2. The zero-order valence-electron chi connectivity index (χ0n) is 10.4. The minimum Gasteiger partial charge on any atom is -0.322 e. The molecule has 0 fully saturated rings. The summed E-state index contributed by atoms with van der Waals surface area (Å²) in [4.78, 5) is 25.5. The fourth-order valence-electron chi connectivity index (χ4n) is 2.06. The number of hydrogen-bond acceptors (Lipinski definition) is 2. The van der Waals surface area contributed by atoms with Gasteiger partial charge in [0.05, 0.1) is 11.4 Å². The molecule has 1 N–H and O–H groups in total.